The second-order valence-corrected chi connectivity index (χ2v) is 16.5. The summed E-state index contributed by atoms with van der Waals surface area (Å²) in [5, 5.41) is 0. The van der Waals surface area contributed by atoms with Gasteiger partial charge in [-0.2, -0.15) is 4.57 Å². The average molecular weight is 1080 g/mol. The van der Waals surface area contributed by atoms with Crippen molar-refractivity contribution < 1.29 is 107 Å². The van der Waals surface area contributed by atoms with Crippen molar-refractivity contribution in [1.29, 1.82) is 0 Å². The minimum Gasteiger partial charge on any atom is -0.422 e. The quantitative estimate of drug-likeness (QED) is 0.0200. The highest BCUT2D eigenvalue weighted by molar-refractivity contribution is 7.20. The molecule has 0 spiro atoms. The van der Waals surface area contributed by atoms with Crippen molar-refractivity contribution in [1.82, 2.24) is 4.98 Å². The fourth-order valence-electron chi connectivity index (χ4n) is 8.80. The van der Waals surface area contributed by atoms with Gasteiger partial charge in [-0.1, -0.05) is 61.7 Å². The summed E-state index contributed by atoms with van der Waals surface area (Å²) in [6, 6.07) is 16.9. The van der Waals surface area contributed by atoms with Crippen LogP contribution in [0.3, 0.4) is 0 Å². The third kappa shape index (κ3) is 9.65. The molecule has 1 fully saturated rings. The number of hydrogen-bond donors (Lipinski definition) is 0. The van der Waals surface area contributed by atoms with Crippen molar-refractivity contribution in [2.24, 2.45) is 0 Å². The molecule has 1 saturated carbocycles. The number of ketones is 1. The van der Waals surface area contributed by atoms with Crippen LogP contribution in [0.2, 0.25) is 0 Å². The second kappa shape index (κ2) is 21.6. The van der Waals surface area contributed by atoms with Crippen molar-refractivity contribution in [2.75, 3.05) is 0 Å². The Labute approximate surface area is 407 Å². The number of esters is 1. The van der Waals surface area contributed by atoms with E-state index in [0.717, 1.165) is 0 Å². The topological polar surface area (TPSA) is 60.1 Å². The largest absolute Gasteiger partial charge is 0.422 e. The van der Waals surface area contributed by atoms with Crippen LogP contribution in [0, 0.1) is 116 Å². The molecule has 0 N–H and O–H groups in total. The van der Waals surface area contributed by atoms with Crippen molar-refractivity contribution in [2.45, 2.75) is 44.6 Å². The molecule has 1 heterocycles. The Morgan fingerprint density at radius 1 is 0.467 bits per heavy atom. The number of carbonyl (C=O) groups excluding carboxylic acids is 2. The summed E-state index contributed by atoms with van der Waals surface area (Å²) in [5.41, 5.74) is -12.2. The predicted molar refractivity (Wildman–Crippen MR) is 222 cm³/mol. The van der Waals surface area contributed by atoms with Gasteiger partial charge in [-0.05, 0) is 36.5 Å². The lowest BCUT2D eigenvalue weighted by atomic mass is 9.12. The first-order valence-electron chi connectivity index (χ1n) is 21.4. The Bertz CT molecular complexity index is 3030. The Morgan fingerprint density at radius 3 is 1.17 bits per heavy atom. The molecule has 8 rings (SSSR count). The van der Waals surface area contributed by atoms with Crippen LogP contribution in [-0.4, -0.2) is 22.9 Å². The van der Waals surface area contributed by atoms with Gasteiger partial charge in [-0.3, -0.25) is 4.79 Å². The SMILES string of the molecule is Fc1c(F)c(F)c([B-](c2c(F)c(F)c(F)c(F)c2F)(c2c(F)c(F)c(F)c(F)c2F)c2c(F)c(F)c(F)c(F)c2F)c(F)c1F.O=C(C[n+]1ccnc(C(=O)Oc2ccc(C3CCCCC3)cc2)c1)c1ccccc1. The van der Waals surface area contributed by atoms with Gasteiger partial charge < -0.3 is 4.74 Å². The van der Waals surface area contributed by atoms with Gasteiger partial charge >= 0.3 is 5.97 Å². The van der Waals surface area contributed by atoms with Crippen LogP contribution in [-0.2, 0) is 6.54 Å². The molecule has 1 aliphatic rings. The maximum absolute atomic E-state index is 15.4. The summed E-state index contributed by atoms with van der Waals surface area (Å²) >= 11 is 0. The van der Waals surface area contributed by atoms with Crippen LogP contribution in [0.5, 0.6) is 5.75 Å². The lowest BCUT2D eigenvalue weighted by Gasteiger charge is -2.44. The number of benzene rings is 6. The van der Waals surface area contributed by atoms with E-state index in [0.29, 0.717) is 17.2 Å². The number of aromatic nitrogens is 2. The first-order chi connectivity index (χ1) is 35.4. The van der Waals surface area contributed by atoms with Gasteiger partial charge in [-0.15, -0.1) is 21.9 Å². The van der Waals surface area contributed by atoms with Gasteiger partial charge in [-0.25, -0.2) is 97.6 Å². The van der Waals surface area contributed by atoms with E-state index in [9.17, 15) is 62.3 Å². The van der Waals surface area contributed by atoms with Crippen molar-refractivity contribution >= 4 is 39.7 Å². The minimum absolute atomic E-state index is 0.0376. The maximum Gasteiger partial charge on any atom is 0.368 e. The number of carbonyl (C=O) groups is 2. The van der Waals surface area contributed by atoms with Crippen molar-refractivity contribution in [3.8, 4) is 5.75 Å². The molecule has 0 aliphatic heterocycles. The van der Waals surface area contributed by atoms with Crippen molar-refractivity contribution in [3.05, 3.63) is 206 Å². The Kier molecular flexibility index (Phi) is 15.8. The van der Waals surface area contributed by atoms with Gasteiger partial charge in [0.25, 0.3) is 0 Å². The number of hydrogen-bond acceptors (Lipinski definition) is 4. The van der Waals surface area contributed by atoms with E-state index >= 15 is 35.1 Å². The highest BCUT2D eigenvalue weighted by Gasteiger charge is 2.52. The monoisotopic (exact) mass is 1080 g/mol. The molecule has 0 bridgehead atoms. The van der Waals surface area contributed by atoms with Gasteiger partial charge in [0.1, 0.15) is 58.4 Å². The molecule has 1 aliphatic carbocycles. The molecule has 0 amide bonds. The van der Waals surface area contributed by atoms with Gasteiger partial charge in [0.05, 0.1) is 6.20 Å². The Morgan fingerprint density at radius 2 is 0.813 bits per heavy atom. The van der Waals surface area contributed by atoms with E-state index in [1.165, 1.54) is 43.9 Å². The fraction of sp³-hybridized carbons (Fsp3) is 0.143. The summed E-state index contributed by atoms with van der Waals surface area (Å²) in [6.45, 7) is 0.128. The number of Topliss-reactive ketones (excluding diaryl/α,β-unsaturated/α-hetero) is 1. The average Bonchev–Trinajstić information content (AvgIpc) is 3.41. The highest BCUT2D eigenvalue weighted by Crippen LogP contribution is 2.34. The molecule has 5 nitrogen and oxygen atoms in total. The fourth-order valence-corrected chi connectivity index (χ4v) is 8.80. The molecule has 0 unspecified atom stereocenters. The van der Waals surface area contributed by atoms with Crippen LogP contribution in [0.15, 0.2) is 73.2 Å². The summed E-state index contributed by atoms with van der Waals surface area (Å²) in [6.07, 6.45) is 3.85. The first-order valence-corrected chi connectivity index (χ1v) is 21.4. The number of halogens is 20. The first kappa shape index (κ1) is 55.0. The number of rotatable bonds is 10. The lowest BCUT2D eigenvalue weighted by Crippen LogP contribution is -2.81. The summed E-state index contributed by atoms with van der Waals surface area (Å²) in [5.74, 6) is -70.9. The van der Waals surface area contributed by atoms with Crippen LogP contribution in [0.4, 0.5) is 87.8 Å². The van der Waals surface area contributed by atoms with Crippen LogP contribution in [0.25, 0.3) is 0 Å². The van der Waals surface area contributed by atoms with Gasteiger partial charge in [0.2, 0.25) is 24.2 Å². The third-order valence-electron chi connectivity index (χ3n) is 12.3. The highest BCUT2D eigenvalue weighted by atomic mass is 19.2. The molecule has 7 aromatic rings. The summed E-state index contributed by atoms with van der Waals surface area (Å²) < 4.78 is 301. The van der Waals surface area contributed by atoms with E-state index in [4.69, 9.17) is 4.74 Å². The molecule has 75 heavy (non-hydrogen) atoms. The third-order valence-corrected chi connectivity index (χ3v) is 12.3. The normalized spacial score (nSPS) is 12.9. The van der Waals surface area contributed by atoms with E-state index in [2.05, 4.69) is 17.1 Å². The molecular formula is C49H25BF20N2O3. The molecule has 0 radical (unpaired) electrons. The standard InChI is InChI=1S/C25H25N2O3.C24BF20/c28-24(21-9-5-2-6-10-21)18-27-16-15-26-23(17-27)25(29)30-22-13-11-20(12-14-22)19-7-3-1-4-8-19;26-5-1(6(27)14(35)21(42)13(5)34)25(2-7(28)15(36)22(43)16(37)8(2)29,3-9(30)17(38)23(44)18(39)10(3)31)4-11(32)19(40)24(45)20(41)12(4)33/h2,5-6,9-17,19H,1,3-4,7-8,18H2;/q+1;-1. The van der Waals surface area contributed by atoms with Crippen LogP contribution >= 0.6 is 0 Å². The smallest absolute Gasteiger partial charge is 0.368 e. The number of ether oxygens (including phenoxy) is 1. The van der Waals surface area contributed by atoms with Crippen LogP contribution in [0.1, 0.15) is 64.4 Å². The molecule has 0 atom stereocenters. The van der Waals surface area contributed by atoms with E-state index in [1.807, 2.05) is 30.3 Å². The lowest BCUT2D eigenvalue weighted by molar-refractivity contribution is -0.683. The molecule has 392 valence electrons. The van der Waals surface area contributed by atoms with Crippen LogP contribution < -0.4 is 31.2 Å². The van der Waals surface area contributed by atoms with Gasteiger partial charge in [0.15, 0.2) is 76.0 Å². The molecule has 26 heteroatoms. The van der Waals surface area contributed by atoms with E-state index in [1.54, 1.807) is 29.1 Å². The van der Waals surface area contributed by atoms with E-state index in [-0.39, 0.29) is 18.0 Å². The molecule has 0 saturated heterocycles. The van der Waals surface area contributed by atoms with Crippen molar-refractivity contribution in [3.63, 3.8) is 0 Å². The predicted octanol–water partition coefficient (Wildman–Crippen LogP) is 10.4. The minimum atomic E-state index is -7.22. The van der Waals surface area contributed by atoms with Gasteiger partial charge in [0, 0.05) is 5.56 Å². The second-order valence-electron chi connectivity index (χ2n) is 16.5. The summed E-state index contributed by atoms with van der Waals surface area (Å²) in [4.78, 5) is 29.0. The zero-order valence-electron chi connectivity index (χ0n) is 37.0. The summed E-state index contributed by atoms with van der Waals surface area (Å²) in [7, 11) is 0. The zero-order chi connectivity index (χ0) is 55.1. The Hall–Kier alpha value is -7.80. The Balaban J connectivity index is 0.000000236. The maximum atomic E-state index is 15.4. The molecule has 1 aromatic heterocycles. The molecule has 6 aromatic carbocycles. The molecular weight excluding hydrogens is 1060 g/mol. The number of nitrogens with zero attached hydrogens (tertiary/aromatic N) is 2. The zero-order valence-corrected chi connectivity index (χ0v) is 37.0. The van der Waals surface area contributed by atoms with E-state index < -0.39 is 150 Å².